The van der Waals surface area contributed by atoms with Crippen LogP contribution >= 0.6 is 13.5 Å². The fourth-order valence-electron chi connectivity index (χ4n) is 0. The second kappa shape index (κ2) is 35.8. The Kier molecular flexibility index (Phi) is 300. The van der Waals surface area contributed by atoms with E-state index in [1.54, 1.807) is 0 Å². The molecule has 1 radical (unpaired) electrons. The van der Waals surface area contributed by atoms with E-state index in [2.05, 4.69) is 0 Å². The summed E-state index contributed by atoms with van der Waals surface area (Å²) in [5.74, 6) is 0. The molecule has 0 atom stereocenters. The molecule has 0 aromatic carbocycles. The third-order valence-electron chi connectivity index (χ3n) is 0. The Morgan fingerprint density at radius 2 is 1.17 bits per heavy atom. The van der Waals surface area contributed by atoms with Gasteiger partial charge < -0.3 is 5.71 Å². The average Bonchev–Trinajstić information content (AvgIpc) is 0. The molecular weight excluding hydrogens is 273 g/mol. The Morgan fingerprint density at radius 3 is 1.17 bits per heavy atom. The van der Waals surface area contributed by atoms with E-state index in [0.717, 1.165) is 0 Å². The molecule has 0 fully saturated rings. The zero-order valence-corrected chi connectivity index (χ0v) is 13.2. The number of hydrogen-bond donors (Lipinski definition) is 0. The normalized spacial score (nSPS) is 0. The molecule has 0 aliphatic rings. The van der Waals surface area contributed by atoms with Crippen molar-refractivity contribution in [3.63, 3.8) is 0 Å². The molecule has 0 aliphatic heterocycles. The van der Waals surface area contributed by atoms with E-state index in [-0.39, 0.29) is 134 Å². The standard InChI is InChI=1S/Ca.Fe.Mg.Mn.H2S.Zn.4H/h;;;;1H2;;;;;/q+2;;+2;;;;4*-1. The van der Waals surface area contributed by atoms with Crippen molar-refractivity contribution in [3.8, 4) is 0 Å². The summed E-state index contributed by atoms with van der Waals surface area (Å²) in [4.78, 5) is 0. The molecule has 33 valence electrons. The van der Waals surface area contributed by atoms with Crippen LogP contribution in [0.1, 0.15) is 5.71 Å². The molecule has 0 aliphatic carbocycles. The number of rotatable bonds is 0. The Labute approximate surface area is 131 Å². The van der Waals surface area contributed by atoms with Gasteiger partial charge in [-0.2, -0.15) is 13.5 Å². The summed E-state index contributed by atoms with van der Waals surface area (Å²) in [7, 11) is 0. The monoisotopic (exact) mass is 277 g/mol. The number of hydrogen-bond acceptors (Lipinski definition) is 0. The first-order valence-electron chi connectivity index (χ1n) is 0. The van der Waals surface area contributed by atoms with Crippen molar-refractivity contribution in [1.29, 1.82) is 0 Å². The topological polar surface area (TPSA) is 0 Å². The predicted octanol–water partition coefficient (Wildman–Crippen LogP) is -0.206. The second-order valence-electron chi connectivity index (χ2n) is 0. The summed E-state index contributed by atoms with van der Waals surface area (Å²) in [6.07, 6.45) is 0. The molecule has 0 N–H and O–H groups in total. The van der Waals surface area contributed by atoms with Crippen LogP contribution in [0.2, 0.25) is 0 Å². The summed E-state index contributed by atoms with van der Waals surface area (Å²) in [5, 5.41) is 0. The molecule has 0 heterocycles. The van der Waals surface area contributed by atoms with Crippen LogP contribution in [0.3, 0.4) is 0 Å². The first-order chi connectivity index (χ1) is 0. The molecule has 0 nitrogen and oxygen atoms in total. The van der Waals surface area contributed by atoms with Gasteiger partial charge in [0.25, 0.3) is 0 Å². The van der Waals surface area contributed by atoms with E-state index in [9.17, 15) is 0 Å². The smallest absolute Gasteiger partial charge is 1.00 e. The van der Waals surface area contributed by atoms with Crippen LogP contribution in [-0.2, 0) is 53.6 Å². The molecule has 6 heteroatoms. The van der Waals surface area contributed by atoms with E-state index in [4.69, 9.17) is 0 Å². The van der Waals surface area contributed by atoms with Crippen molar-refractivity contribution in [2.24, 2.45) is 0 Å². The molecule has 0 aromatic heterocycles. The molecule has 0 saturated carbocycles. The quantitative estimate of drug-likeness (QED) is 0.538. The van der Waals surface area contributed by atoms with Gasteiger partial charge >= 0.3 is 60.8 Å². The van der Waals surface area contributed by atoms with Crippen molar-refractivity contribution in [3.05, 3.63) is 0 Å². The molecule has 0 spiro atoms. The van der Waals surface area contributed by atoms with Crippen LogP contribution in [0, 0.1) is 0 Å². The summed E-state index contributed by atoms with van der Waals surface area (Å²) in [6, 6.07) is 0. The fourth-order valence-corrected chi connectivity index (χ4v) is 0. The van der Waals surface area contributed by atoms with Gasteiger partial charge in [0, 0.05) is 53.6 Å². The predicted molar refractivity (Wildman–Crippen MR) is 26.3 cm³/mol. The van der Waals surface area contributed by atoms with Crippen molar-refractivity contribution < 1.29 is 59.3 Å². The second-order valence-corrected chi connectivity index (χ2v) is 0. The third-order valence-corrected chi connectivity index (χ3v) is 0. The molecular formula is H6CaFeMgMnSZn. The van der Waals surface area contributed by atoms with Gasteiger partial charge in [0.2, 0.25) is 0 Å². The van der Waals surface area contributed by atoms with E-state index in [1.807, 2.05) is 0 Å². The van der Waals surface area contributed by atoms with Gasteiger partial charge in [0.15, 0.2) is 0 Å². The summed E-state index contributed by atoms with van der Waals surface area (Å²) in [5.41, 5.74) is 0. The SMILES string of the molecule is S.[Ca+2].[Fe].[H-].[H-].[H-].[H-].[Mg+2].[Mn].[Zn]. The maximum absolute atomic E-state index is 0. The van der Waals surface area contributed by atoms with Crippen molar-refractivity contribution in [2.45, 2.75) is 0 Å². The largest absolute Gasteiger partial charge is 2.00 e. The van der Waals surface area contributed by atoms with Crippen LogP contribution < -0.4 is 0 Å². The van der Waals surface area contributed by atoms with Crippen LogP contribution in [0.25, 0.3) is 0 Å². The molecule has 0 bridgehead atoms. The van der Waals surface area contributed by atoms with Crippen molar-refractivity contribution in [1.82, 2.24) is 0 Å². The Hall–Kier alpha value is 4.04. The Balaban J connectivity index is 0. The third kappa shape index (κ3) is 24.4. The van der Waals surface area contributed by atoms with Crippen LogP contribution in [0.5, 0.6) is 0 Å². The Morgan fingerprint density at radius 1 is 1.17 bits per heavy atom. The molecule has 6 heavy (non-hydrogen) atoms. The maximum atomic E-state index is 0. The van der Waals surface area contributed by atoms with Gasteiger partial charge in [-0.3, -0.25) is 0 Å². The maximum Gasteiger partial charge on any atom is 2.00 e. The summed E-state index contributed by atoms with van der Waals surface area (Å²) < 4.78 is 0. The summed E-state index contributed by atoms with van der Waals surface area (Å²) >= 11 is 0. The minimum atomic E-state index is 0. The van der Waals surface area contributed by atoms with Crippen molar-refractivity contribution >= 4 is 74.3 Å². The minimum absolute atomic E-state index is 0. The molecule has 0 saturated heterocycles. The molecule has 0 rings (SSSR count). The van der Waals surface area contributed by atoms with Gasteiger partial charge in [-0.15, -0.1) is 0 Å². The molecule has 0 unspecified atom stereocenters. The van der Waals surface area contributed by atoms with E-state index < -0.39 is 0 Å². The van der Waals surface area contributed by atoms with Crippen LogP contribution in [-0.4, -0.2) is 60.8 Å². The molecule has 0 aromatic rings. The van der Waals surface area contributed by atoms with Gasteiger partial charge in [0.05, 0.1) is 0 Å². The van der Waals surface area contributed by atoms with Crippen LogP contribution in [0.4, 0.5) is 0 Å². The summed E-state index contributed by atoms with van der Waals surface area (Å²) in [6.45, 7) is 0. The van der Waals surface area contributed by atoms with Crippen LogP contribution in [0.15, 0.2) is 0 Å². The van der Waals surface area contributed by atoms with Gasteiger partial charge in [-0.05, 0) is 0 Å². The minimum Gasteiger partial charge on any atom is -1.00 e. The van der Waals surface area contributed by atoms with Gasteiger partial charge in [-0.1, -0.05) is 0 Å². The van der Waals surface area contributed by atoms with Crippen molar-refractivity contribution in [2.75, 3.05) is 0 Å². The zero-order chi connectivity index (χ0) is 0. The first-order valence-corrected chi connectivity index (χ1v) is 0. The average molecular weight is 279 g/mol. The fraction of sp³-hybridized carbons (Fsp3) is 0. The van der Waals surface area contributed by atoms with Gasteiger partial charge in [-0.25, -0.2) is 0 Å². The Bertz CT molecular complexity index is 25.2. The van der Waals surface area contributed by atoms with E-state index >= 15 is 0 Å². The first kappa shape index (κ1) is 50.3. The molecule has 0 amide bonds. The zero-order valence-electron chi connectivity index (χ0n) is 7.35. The van der Waals surface area contributed by atoms with E-state index in [0.29, 0.717) is 0 Å². The van der Waals surface area contributed by atoms with Gasteiger partial charge in [0.1, 0.15) is 0 Å². The van der Waals surface area contributed by atoms with E-state index in [1.165, 1.54) is 0 Å².